The Hall–Kier alpha value is -3.24. The first-order chi connectivity index (χ1) is 12.5. The maximum Gasteiger partial charge on any atom is 0.369 e. The number of aromatic nitrogens is 2. The predicted octanol–water partition coefficient (Wildman–Crippen LogP) is -0.0683. The summed E-state index contributed by atoms with van der Waals surface area (Å²) in [4.78, 5) is 36.8. The summed E-state index contributed by atoms with van der Waals surface area (Å²) in [5.74, 6) is -2.49. The van der Waals surface area contributed by atoms with E-state index in [-0.39, 0.29) is 19.0 Å². The van der Waals surface area contributed by atoms with Gasteiger partial charge in [0.1, 0.15) is 11.9 Å². The van der Waals surface area contributed by atoms with Gasteiger partial charge in [-0.15, -0.1) is 0 Å². The molecule has 0 aliphatic rings. The lowest BCUT2D eigenvalue weighted by Crippen LogP contribution is -2.29. The second-order valence-corrected chi connectivity index (χ2v) is 5.13. The number of aliphatic carboxylic acids is 1. The molecular formula is C16H18N4O6. The molecule has 10 heteroatoms. The van der Waals surface area contributed by atoms with Crippen molar-refractivity contribution in [2.45, 2.75) is 0 Å². The van der Waals surface area contributed by atoms with E-state index in [9.17, 15) is 9.59 Å². The predicted molar refractivity (Wildman–Crippen MR) is 92.4 cm³/mol. The summed E-state index contributed by atoms with van der Waals surface area (Å²) in [5, 5.41) is 27.5. The number of aliphatic hydroxyl groups is 2. The molecule has 1 heterocycles. The summed E-state index contributed by atoms with van der Waals surface area (Å²) in [5.41, 5.74) is 2.83. The van der Waals surface area contributed by atoms with Crippen LogP contribution in [-0.2, 0) is 14.4 Å². The number of carbonyl (C=O) groups is 2. The third-order valence-corrected chi connectivity index (χ3v) is 3.47. The molecule has 138 valence electrons. The summed E-state index contributed by atoms with van der Waals surface area (Å²) < 4.78 is 0. The largest absolute Gasteiger partial charge is 0.477 e. The zero-order valence-electron chi connectivity index (χ0n) is 13.8. The van der Waals surface area contributed by atoms with Crippen molar-refractivity contribution < 1.29 is 29.7 Å². The SMILES string of the molecule is C=C(C(=O)O)C(=O)ONc1ncnc2ccc(N(CCO)CCO)cc12. The van der Waals surface area contributed by atoms with Crippen molar-refractivity contribution in [3.05, 3.63) is 36.7 Å². The number of anilines is 2. The van der Waals surface area contributed by atoms with Crippen molar-refractivity contribution in [2.75, 3.05) is 36.7 Å². The van der Waals surface area contributed by atoms with Crippen LogP contribution in [0.1, 0.15) is 0 Å². The second kappa shape index (κ2) is 8.74. The van der Waals surface area contributed by atoms with E-state index >= 15 is 0 Å². The number of hydrogen-bond acceptors (Lipinski definition) is 9. The highest BCUT2D eigenvalue weighted by molar-refractivity contribution is 6.12. The standard InChI is InChI=1S/C16H18N4O6/c1-10(15(23)24)16(25)26-19-14-12-8-11(20(4-6-21)5-7-22)2-3-13(12)17-9-18-14/h2-3,8-9,21-22H,1,4-7H2,(H,23,24)(H,17,18,19). The van der Waals surface area contributed by atoms with Gasteiger partial charge in [0.05, 0.1) is 18.7 Å². The molecule has 0 radical (unpaired) electrons. The van der Waals surface area contributed by atoms with E-state index in [0.717, 1.165) is 0 Å². The Morgan fingerprint density at radius 1 is 1.19 bits per heavy atom. The molecule has 0 fully saturated rings. The summed E-state index contributed by atoms with van der Waals surface area (Å²) in [6, 6.07) is 5.17. The highest BCUT2D eigenvalue weighted by atomic mass is 16.7. The lowest BCUT2D eigenvalue weighted by atomic mass is 10.2. The lowest BCUT2D eigenvalue weighted by molar-refractivity contribution is -0.142. The van der Waals surface area contributed by atoms with E-state index in [1.54, 1.807) is 23.1 Å². The Morgan fingerprint density at radius 2 is 1.88 bits per heavy atom. The molecule has 10 nitrogen and oxygen atoms in total. The van der Waals surface area contributed by atoms with E-state index in [1.165, 1.54) is 6.33 Å². The van der Waals surface area contributed by atoms with Crippen molar-refractivity contribution in [3.8, 4) is 0 Å². The molecule has 0 aliphatic heterocycles. The number of aliphatic hydroxyl groups excluding tert-OH is 2. The average Bonchev–Trinajstić information content (AvgIpc) is 2.64. The molecular weight excluding hydrogens is 344 g/mol. The topological polar surface area (TPSA) is 145 Å². The Balaban J connectivity index is 2.29. The van der Waals surface area contributed by atoms with E-state index in [0.29, 0.717) is 29.7 Å². The molecule has 0 aliphatic carbocycles. The maximum atomic E-state index is 11.6. The van der Waals surface area contributed by atoms with Crippen molar-refractivity contribution >= 4 is 34.3 Å². The third kappa shape index (κ3) is 4.43. The number of carboxylic acids is 1. The molecule has 0 saturated heterocycles. The minimum absolute atomic E-state index is 0.0939. The van der Waals surface area contributed by atoms with Crippen molar-refractivity contribution in [1.29, 1.82) is 0 Å². The fourth-order valence-corrected chi connectivity index (χ4v) is 2.18. The van der Waals surface area contributed by atoms with Gasteiger partial charge in [0.25, 0.3) is 0 Å². The van der Waals surface area contributed by atoms with E-state index in [4.69, 9.17) is 20.2 Å². The van der Waals surface area contributed by atoms with Gasteiger partial charge in [-0.2, -0.15) is 5.48 Å². The van der Waals surface area contributed by atoms with Crippen LogP contribution in [-0.4, -0.2) is 63.5 Å². The van der Waals surface area contributed by atoms with Crippen LogP contribution >= 0.6 is 0 Å². The Bertz CT molecular complexity index is 819. The van der Waals surface area contributed by atoms with Gasteiger partial charge < -0.3 is 25.1 Å². The number of benzene rings is 1. The molecule has 0 unspecified atom stereocenters. The Kier molecular flexibility index (Phi) is 6.42. The van der Waals surface area contributed by atoms with Gasteiger partial charge >= 0.3 is 11.9 Å². The zero-order valence-corrected chi connectivity index (χ0v) is 13.8. The van der Waals surface area contributed by atoms with Crippen LogP contribution in [0.25, 0.3) is 10.9 Å². The van der Waals surface area contributed by atoms with Gasteiger partial charge in [-0.25, -0.2) is 19.6 Å². The van der Waals surface area contributed by atoms with Crippen LogP contribution in [0.3, 0.4) is 0 Å². The third-order valence-electron chi connectivity index (χ3n) is 3.47. The monoisotopic (exact) mass is 362 g/mol. The van der Waals surface area contributed by atoms with Crippen LogP contribution in [0, 0.1) is 0 Å². The molecule has 4 N–H and O–H groups in total. The van der Waals surface area contributed by atoms with Gasteiger partial charge in [0, 0.05) is 24.2 Å². The van der Waals surface area contributed by atoms with Crippen molar-refractivity contribution in [1.82, 2.24) is 9.97 Å². The first-order valence-corrected chi connectivity index (χ1v) is 7.58. The number of hydrogen-bond donors (Lipinski definition) is 4. The number of carboxylic acid groups (broad SMARTS) is 1. The highest BCUT2D eigenvalue weighted by Crippen LogP contribution is 2.25. The minimum Gasteiger partial charge on any atom is -0.477 e. The van der Waals surface area contributed by atoms with Crippen LogP contribution in [0.2, 0.25) is 0 Å². The number of fused-ring (bicyclic) bond motifs is 1. The first kappa shape index (κ1) is 19.1. The van der Waals surface area contributed by atoms with E-state index in [1.807, 2.05) is 0 Å². The molecule has 0 atom stereocenters. The zero-order chi connectivity index (χ0) is 19.1. The number of carbonyl (C=O) groups excluding carboxylic acids is 1. The van der Waals surface area contributed by atoms with Gasteiger partial charge in [-0.1, -0.05) is 6.58 Å². The van der Waals surface area contributed by atoms with Gasteiger partial charge in [0.15, 0.2) is 5.82 Å². The fourth-order valence-electron chi connectivity index (χ4n) is 2.18. The molecule has 0 saturated carbocycles. The summed E-state index contributed by atoms with van der Waals surface area (Å²) >= 11 is 0. The molecule has 2 rings (SSSR count). The smallest absolute Gasteiger partial charge is 0.369 e. The Morgan fingerprint density at radius 3 is 2.50 bits per heavy atom. The van der Waals surface area contributed by atoms with Crippen molar-refractivity contribution in [2.24, 2.45) is 0 Å². The number of rotatable bonds is 9. The van der Waals surface area contributed by atoms with E-state index in [2.05, 4.69) is 22.0 Å². The van der Waals surface area contributed by atoms with Gasteiger partial charge in [0.2, 0.25) is 0 Å². The molecule has 1 aromatic heterocycles. The van der Waals surface area contributed by atoms with Crippen LogP contribution < -0.4 is 10.4 Å². The average molecular weight is 362 g/mol. The molecule has 0 amide bonds. The minimum atomic E-state index is -1.49. The quantitative estimate of drug-likeness (QED) is 0.207. The normalized spacial score (nSPS) is 10.4. The summed E-state index contributed by atoms with van der Waals surface area (Å²) in [6.45, 7) is 3.55. The summed E-state index contributed by atoms with van der Waals surface area (Å²) in [7, 11) is 0. The van der Waals surface area contributed by atoms with E-state index < -0.39 is 17.5 Å². The van der Waals surface area contributed by atoms with Gasteiger partial charge in [-0.05, 0) is 18.2 Å². The van der Waals surface area contributed by atoms with Crippen LogP contribution in [0.4, 0.5) is 11.5 Å². The molecule has 2 aromatic rings. The first-order valence-electron chi connectivity index (χ1n) is 7.58. The molecule has 0 bridgehead atoms. The Labute approximate surface area is 148 Å². The lowest BCUT2D eigenvalue weighted by Gasteiger charge is -2.23. The highest BCUT2D eigenvalue weighted by Gasteiger charge is 2.17. The fraction of sp³-hybridized carbons (Fsp3) is 0.250. The van der Waals surface area contributed by atoms with Crippen LogP contribution in [0.15, 0.2) is 36.7 Å². The number of nitrogens with zero attached hydrogens (tertiary/aromatic N) is 3. The summed E-state index contributed by atoms with van der Waals surface area (Å²) in [6.07, 6.45) is 1.25. The number of nitrogens with one attached hydrogen (secondary N) is 1. The van der Waals surface area contributed by atoms with Gasteiger partial charge in [-0.3, -0.25) is 0 Å². The van der Waals surface area contributed by atoms with Crippen LogP contribution in [0.5, 0.6) is 0 Å². The van der Waals surface area contributed by atoms with Crippen molar-refractivity contribution in [3.63, 3.8) is 0 Å². The molecule has 1 aromatic carbocycles. The second-order valence-electron chi connectivity index (χ2n) is 5.13. The molecule has 26 heavy (non-hydrogen) atoms. The maximum absolute atomic E-state index is 11.6. The molecule has 0 spiro atoms.